The Labute approximate surface area is 133 Å². The number of carbonyl (C=O) groups is 1. The summed E-state index contributed by atoms with van der Waals surface area (Å²) in [6.45, 7) is 1.63. The van der Waals surface area contributed by atoms with Crippen molar-refractivity contribution in [2.24, 2.45) is 0 Å². The maximum Gasteiger partial charge on any atom is 0.251 e. The number of nitrogens with one attached hydrogen (secondary N) is 1. The molecule has 0 radical (unpaired) electrons. The van der Waals surface area contributed by atoms with E-state index in [-0.39, 0.29) is 23.1 Å². The van der Waals surface area contributed by atoms with Gasteiger partial charge in [0.25, 0.3) is 5.91 Å². The van der Waals surface area contributed by atoms with Crippen molar-refractivity contribution >= 4 is 15.7 Å². The van der Waals surface area contributed by atoms with Gasteiger partial charge in [0.15, 0.2) is 21.5 Å². The summed E-state index contributed by atoms with van der Waals surface area (Å²) in [6, 6.07) is 2.10. The molecule has 3 rings (SSSR count). The normalized spacial score (nSPS) is 27.2. The van der Waals surface area contributed by atoms with Crippen molar-refractivity contribution in [3.05, 3.63) is 35.4 Å². The SMILES string of the molecule is O=C(NC1CS(=O)(=O)CC1N1CCCC1)c1ccc(F)c(F)c1. The summed E-state index contributed by atoms with van der Waals surface area (Å²) in [5.74, 6) is -2.82. The van der Waals surface area contributed by atoms with Crippen molar-refractivity contribution in [3.63, 3.8) is 0 Å². The number of benzene rings is 1. The number of nitrogens with zero attached hydrogens (tertiary/aromatic N) is 1. The number of rotatable bonds is 3. The molecule has 2 heterocycles. The summed E-state index contributed by atoms with van der Waals surface area (Å²) in [6.07, 6.45) is 2.03. The molecule has 2 fully saturated rings. The number of carbonyl (C=O) groups excluding carboxylic acids is 1. The fourth-order valence-corrected chi connectivity index (χ4v) is 5.24. The predicted molar refractivity (Wildman–Crippen MR) is 80.9 cm³/mol. The molecule has 0 aromatic heterocycles. The van der Waals surface area contributed by atoms with Crippen molar-refractivity contribution in [1.29, 1.82) is 0 Å². The van der Waals surface area contributed by atoms with Gasteiger partial charge >= 0.3 is 0 Å². The molecule has 5 nitrogen and oxygen atoms in total. The second-order valence-electron chi connectivity index (χ2n) is 6.10. The van der Waals surface area contributed by atoms with Crippen LogP contribution in [0.4, 0.5) is 8.78 Å². The maximum atomic E-state index is 13.2. The average Bonchev–Trinajstić information content (AvgIpc) is 3.09. The minimum absolute atomic E-state index is 0.0200. The second kappa shape index (κ2) is 6.16. The highest BCUT2D eigenvalue weighted by atomic mass is 32.2. The number of amides is 1. The molecule has 0 saturated carbocycles. The molecule has 0 spiro atoms. The molecule has 8 heteroatoms. The summed E-state index contributed by atoms with van der Waals surface area (Å²) in [7, 11) is -3.22. The third kappa shape index (κ3) is 3.53. The van der Waals surface area contributed by atoms with E-state index in [0.717, 1.165) is 38.1 Å². The molecule has 1 N–H and O–H groups in total. The summed E-state index contributed by atoms with van der Waals surface area (Å²) in [5, 5.41) is 2.68. The minimum Gasteiger partial charge on any atom is -0.347 e. The molecule has 126 valence electrons. The molecular formula is C15H18F2N2O3S. The Morgan fingerprint density at radius 1 is 1.13 bits per heavy atom. The van der Waals surface area contributed by atoms with E-state index in [1.165, 1.54) is 6.07 Å². The van der Waals surface area contributed by atoms with E-state index in [4.69, 9.17) is 0 Å². The first kappa shape index (κ1) is 16.3. The van der Waals surface area contributed by atoms with Crippen molar-refractivity contribution in [2.45, 2.75) is 24.9 Å². The number of likely N-dealkylation sites (tertiary alicyclic amines) is 1. The van der Waals surface area contributed by atoms with Gasteiger partial charge in [-0.25, -0.2) is 17.2 Å². The highest BCUT2D eigenvalue weighted by Gasteiger charge is 2.42. The van der Waals surface area contributed by atoms with E-state index in [2.05, 4.69) is 10.2 Å². The molecule has 0 aliphatic carbocycles. The molecule has 2 atom stereocenters. The first-order valence-electron chi connectivity index (χ1n) is 7.56. The third-order valence-electron chi connectivity index (χ3n) is 4.43. The van der Waals surface area contributed by atoms with Crippen molar-refractivity contribution < 1.29 is 22.0 Å². The van der Waals surface area contributed by atoms with E-state index in [1.807, 2.05) is 0 Å². The van der Waals surface area contributed by atoms with Gasteiger partial charge in [-0.15, -0.1) is 0 Å². The van der Waals surface area contributed by atoms with Crippen LogP contribution in [0.1, 0.15) is 23.2 Å². The lowest BCUT2D eigenvalue weighted by Crippen LogP contribution is -2.50. The third-order valence-corrected chi connectivity index (χ3v) is 6.15. The topological polar surface area (TPSA) is 66.5 Å². The largest absolute Gasteiger partial charge is 0.347 e. The van der Waals surface area contributed by atoms with Gasteiger partial charge in [0, 0.05) is 11.6 Å². The van der Waals surface area contributed by atoms with Gasteiger partial charge in [0.1, 0.15) is 0 Å². The Hall–Kier alpha value is -1.54. The van der Waals surface area contributed by atoms with E-state index >= 15 is 0 Å². The van der Waals surface area contributed by atoms with Gasteiger partial charge < -0.3 is 5.32 Å². The summed E-state index contributed by atoms with van der Waals surface area (Å²) < 4.78 is 50.1. The second-order valence-corrected chi connectivity index (χ2v) is 8.25. The number of hydrogen-bond donors (Lipinski definition) is 1. The lowest BCUT2D eigenvalue weighted by atomic mass is 10.1. The number of sulfone groups is 1. The van der Waals surface area contributed by atoms with Crippen LogP contribution in [0.15, 0.2) is 18.2 Å². The van der Waals surface area contributed by atoms with Gasteiger partial charge in [-0.3, -0.25) is 9.69 Å². The zero-order valence-corrected chi connectivity index (χ0v) is 13.3. The van der Waals surface area contributed by atoms with Crippen LogP contribution >= 0.6 is 0 Å². The first-order chi connectivity index (χ1) is 10.9. The molecule has 1 aromatic carbocycles. The van der Waals surface area contributed by atoms with Crippen LogP contribution in [0, 0.1) is 11.6 Å². The van der Waals surface area contributed by atoms with E-state index in [9.17, 15) is 22.0 Å². The van der Waals surface area contributed by atoms with Crippen molar-refractivity contribution in [3.8, 4) is 0 Å². The smallest absolute Gasteiger partial charge is 0.251 e. The zero-order chi connectivity index (χ0) is 16.6. The Balaban J connectivity index is 1.76. The Kier molecular flexibility index (Phi) is 4.37. The standard InChI is InChI=1S/C15H18F2N2O3S/c16-11-4-3-10(7-12(11)17)15(20)18-13-8-23(21,22)9-14(13)19-5-1-2-6-19/h3-4,7,13-14H,1-2,5-6,8-9H2,(H,18,20). The summed E-state index contributed by atoms with van der Waals surface area (Å²) in [4.78, 5) is 14.3. The molecule has 2 aliphatic rings. The zero-order valence-electron chi connectivity index (χ0n) is 12.5. The van der Waals surface area contributed by atoms with Crippen LogP contribution in [-0.2, 0) is 9.84 Å². The average molecular weight is 344 g/mol. The van der Waals surface area contributed by atoms with Crippen LogP contribution < -0.4 is 5.32 Å². The quantitative estimate of drug-likeness (QED) is 0.887. The number of hydrogen-bond acceptors (Lipinski definition) is 4. The van der Waals surface area contributed by atoms with E-state index in [0.29, 0.717) is 0 Å². The Bertz CT molecular complexity index is 717. The van der Waals surface area contributed by atoms with Crippen molar-refractivity contribution in [2.75, 3.05) is 24.6 Å². The highest BCUT2D eigenvalue weighted by molar-refractivity contribution is 7.91. The first-order valence-corrected chi connectivity index (χ1v) is 9.38. The molecule has 2 aliphatic heterocycles. The van der Waals surface area contributed by atoms with Crippen LogP contribution in [0.2, 0.25) is 0 Å². The highest BCUT2D eigenvalue weighted by Crippen LogP contribution is 2.23. The fourth-order valence-electron chi connectivity index (χ4n) is 3.29. The summed E-state index contributed by atoms with van der Waals surface area (Å²) >= 11 is 0. The minimum atomic E-state index is -3.22. The summed E-state index contributed by atoms with van der Waals surface area (Å²) in [5.41, 5.74) is -0.0200. The Morgan fingerprint density at radius 2 is 1.83 bits per heavy atom. The van der Waals surface area contributed by atoms with Gasteiger partial charge in [-0.1, -0.05) is 0 Å². The molecule has 1 amide bonds. The maximum absolute atomic E-state index is 13.2. The van der Waals surface area contributed by atoms with Crippen LogP contribution in [0.3, 0.4) is 0 Å². The van der Waals surface area contributed by atoms with Crippen LogP contribution in [-0.4, -0.2) is 55.9 Å². The fraction of sp³-hybridized carbons (Fsp3) is 0.533. The van der Waals surface area contributed by atoms with E-state index < -0.39 is 33.4 Å². The molecule has 2 unspecified atom stereocenters. The molecular weight excluding hydrogens is 326 g/mol. The van der Waals surface area contributed by atoms with Gasteiger partial charge in [0.05, 0.1) is 17.5 Å². The van der Waals surface area contributed by atoms with E-state index in [1.54, 1.807) is 0 Å². The van der Waals surface area contributed by atoms with Crippen LogP contribution in [0.5, 0.6) is 0 Å². The molecule has 23 heavy (non-hydrogen) atoms. The monoisotopic (exact) mass is 344 g/mol. The molecule has 1 aromatic rings. The van der Waals surface area contributed by atoms with Crippen molar-refractivity contribution in [1.82, 2.24) is 10.2 Å². The van der Waals surface area contributed by atoms with Gasteiger partial charge in [0.2, 0.25) is 0 Å². The van der Waals surface area contributed by atoms with Crippen LogP contribution in [0.25, 0.3) is 0 Å². The number of halogens is 2. The lowest BCUT2D eigenvalue weighted by Gasteiger charge is -2.28. The van der Waals surface area contributed by atoms with Gasteiger partial charge in [-0.2, -0.15) is 0 Å². The lowest BCUT2D eigenvalue weighted by molar-refractivity contribution is 0.0918. The molecule has 2 saturated heterocycles. The van der Waals surface area contributed by atoms with Gasteiger partial charge in [-0.05, 0) is 44.1 Å². The molecule has 0 bridgehead atoms. The predicted octanol–water partition coefficient (Wildman–Crippen LogP) is 0.956. The Morgan fingerprint density at radius 3 is 2.48 bits per heavy atom.